The standard InChI is InChI=1S/C10H12BrN3S2/c1-6(16-2)5-14-9-8(13-10(14)15)3-7(11)4-12-9/h3-4,6H,5H2,1-2H3,(H,13,15). The van der Waals surface area contributed by atoms with Crippen molar-refractivity contribution in [3.05, 3.63) is 21.5 Å². The molecule has 16 heavy (non-hydrogen) atoms. The fourth-order valence-electron chi connectivity index (χ4n) is 1.52. The van der Waals surface area contributed by atoms with Gasteiger partial charge in [0.25, 0.3) is 0 Å². The Bertz CT molecular complexity index is 561. The van der Waals surface area contributed by atoms with E-state index in [0.717, 1.165) is 27.0 Å². The lowest BCUT2D eigenvalue weighted by atomic mass is 10.4. The number of halogens is 1. The number of aromatic amines is 1. The third-order valence-corrected chi connectivity index (χ3v) is 4.13. The molecular formula is C10H12BrN3S2. The van der Waals surface area contributed by atoms with Gasteiger partial charge in [-0.05, 0) is 40.5 Å². The van der Waals surface area contributed by atoms with E-state index >= 15 is 0 Å². The van der Waals surface area contributed by atoms with Gasteiger partial charge < -0.3 is 9.55 Å². The summed E-state index contributed by atoms with van der Waals surface area (Å²) in [4.78, 5) is 7.57. The lowest BCUT2D eigenvalue weighted by molar-refractivity contribution is 0.696. The maximum absolute atomic E-state index is 5.31. The van der Waals surface area contributed by atoms with Crippen LogP contribution in [0.25, 0.3) is 11.2 Å². The Balaban J connectivity index is 2.52. The Labute approximate surface area is 112 Å². The van der Waals surface area contributed by atoms with E-state index in [1.165, 1.54) is 0 Å². The molecule has 1 N–H and O–H groups in total. The van der Waals surface area contributed by atoms with Crippen molar-refractivity contribution in [2.75, 3.05) is 6.26 Å². The molecule has 0 saturated heterocycles. The van der Waals surface area contributed by atoms with Gasteiger partial charge in [-0.15, -0.1) is 0 Å². The second-order valence-corrected chi connectivity index (χ2v) is 6.19. The van der Waals surface area contributed by atoms with Gasteiger partial charge in [0, 0.05) is 22.5 Å². The summed E-state index contributed by atoms with van der Waals surface area (Å²) in [6, 6.07) is 2.00. The van der Waals surface area contributed by atoms with Crippen LogP contribution in [0.5, 0.6) is 0 Å². The number of nitrogens with zero attached hydrogens (tertiary/aromatic N) is 2. The summed E-state index contributed by atoms with van der Waals surface area (Å²) in [5.74, 6) is 0. The van der Waals surface area contributed by atoms with Crippen LogP contribution in [0.4, 0.5) is 0 Å². The number of thioether (sulfide) groups is 1. The van der Waals surface area contributed by atoms with Crippen molar-refractivity contribution < 1.29 is 0 Å². The van der Waals surface area contributed by atoms with Crippen LogP contribution in [0.1, 0.15) is 6.92 Å². The minimum absolute atomic E-state index is 0.524. The predicted molar refractivity (Wildman–Crippen MR) is 75.6 cm³/mol. The molecule has 0 aliphatic rings. The molecule has 2 heterocycles. The summed E-state index contributed by atoms with van der Waals surface area (Å²) < 4.78 is 3.75. The van der Waals surface area contributed by atoms with E-state index in [-0.39, 0.29) is 0 Å². The number of hydrogen-bond donors (Lipinski definition) is 1. The molecule has 0 radical (unpaired) electrons. The minimum Gasteiger partial charge on any atom is -0.329 e. The molecule has 0 amide bonds. The average Bonchev–Trinajstić information content (AvgIpc) is 2.54. The fraction of sp³-hybridized carbons (Fsp3) is 0.400. The van der Waals surface area contributed by atoms with E-state index < -0.39 is 0 Å². The fourth-order valence-corrected chi connectivity index (χ4v) is 2.42. The normalized spacial score (nSPS) is 13.2. The van der Waals surface area contributed by atoms with E-state index in [1.54, 1.807) is 6.20 Å². The van der Waals surface area contributed by atoms with Crippen LogP contribution in [0.3, 0.4) is 0 Å². The Kier molecular flexibility index (Phi) is 3.71. The molecule has 0 aliphatic carbocycles. The first-order valence-electron chi connectivity index (χ1n) is 4.88. The Morgan fingerprint density at radius 2 is 2.44 bits per heavy atom. The monoisotopic (exact) mass is 317 g/mol. The SMILES string of the molecule is CSC(C)Cn1c(=S)[nH]c2cc(Br)cnc21. The van der Waals surface area contributed by atoms with Gasteiger partial charge in [-0.1, -0.05) is 6.92 Å². The first-order chi connectivity index (χ1) is 7.61. The molecule has 0 saturated carbocycles. The van der Waals surface area contributed by atoms with Crippen LogP contribution < -0.4 is 0 Å². The Morgan fingerprint density at radius 3 is 3.12 bits per heavy atom. The number of pyridine rings is 1. The van der Waals surface area contributed by atoms with Gasteiger partial charge in [0.15, 0.2) is 10.4 Å². The molecule has 86 valence electrons. The second-order valence-electron chi connectivity index (χ2n) is 3.61. The number of H-pyrrole nitrogens is 1. The molecule has 3 nitrogen and oxygen atoms in total. The van der Waals surface area contributed by atoms with Gasteiger partial charge in [0.05, 0.1) is 5.52 Å². The van der Waals surface area contributed by atoms with Crippen molar-refractivity contribution in [3.63, 3.8) is 0 Å². The lowest BCUT2D eigenvalue weighted by Crippen LogP contribution is -2.09. The molecule has 0 spiro atoms. The van der Waals surface area contributed by atoms with Crippen molar-refractivity contribution in [1.82, 2.24) is 14.5 Å². The summed E-state index contributed by atoms with van der Waals surface area (Å²) in [6.45, 7) is 3.07. The molecule has 0 bridgehead atoms. The van der Waals surface area contributed by atoms with Crippen LogP contribution >= 0.6 is 39.9 Å². The van der Waals surface area contributed by atoms with Gasteiger partial charge in [0.1, 0.15) is 0 Å². The quantitative estimate of drug-likeness (QED) is 0.878. The van der Waals surface area contributed by atoms with Gasteiger partial charge in [-0.25, -0.2) is 4.98 Å². The summed E-state index contributed by atoms with van der Waals surface area (Å²) >= 11 is 10.5. The summed E-state index contributed by atoms with van der Waals surface area (Å²) in [5.41, 5.74) is 1.90. The van der Waals surface area contributed by atoms with Crippen molar-refractivity contribution in [1.29, 1.82) is 0 Å². The molecule has 2 aromatic rings. The number of hydrogen-bond acceptors (Lipinski definition) is 3. The smallest absolute Gasteiger partial charge is 0.179 e. The highest BCUT2D eigenvalue weighted by atomic mass is 79.9. The third kappa shape index (κ3) is 2.33. The van der Waals surface area contributed by atoms with Crippen LogP contribution in [-0.2, 0) is 6.54 Å². The van der Waals surface area contributed by atoms with Gasteiger partial charge in [-0.3, -0.25) is 0 Å². The van der Waals surface area contributed by atoms with Gasteiger partial charge in [-0.2, -0.15) is 11.8 Å². The molecule has 6 heteroatoms. The Morgan fingerprint density at radius 1 is 1.69 bits per heavy atom. The minimum atomic E-state index is 0.524. The topological polar surface area (TPSA) is 33.6 Å². The molecule has 1 atom stereocenters. The lowest BCUT2D eigenvalue weighted by Gasteiger charge is -2.09. The summed E-state index contributed by atoms with van der Waals surface area (Å²) in [6.07, 6.45) is 3.90. The predicted octanol–water partition coefficient (Wildman–Crippen LogP) is 3.61. The van der Waals surface area contributed by atoms with Gasteiger partial charge in [0.2, 0.25) is 0 Å². The van der Waals surface area contributed by atoms with Gasteiger partial charge >= 0.3 is 0 Å². The Hall–Kier alpha value is -0.330. The van der Waals surface area contributed by atoms with Crippen LogP contribution in [-0.4, -0.2) is 26.0 Å². The highest BCUT2D eigenvalue weighted by Gasteiger charge is 2.08. The zero-order valence-electron chi connectivity index (χ0n) is 9.03. The zero-order valence-corrected chi connectivity index (χ0v) is 12.2. The number of fused-ring (bicyclic) bond motifs is 1. The van der Waals surface area contributed by atoms with Crippen LogP contribution in [0.15, 0.2) is 16.7 Å². The first-order valence-corrected chi connectivity index (χ1v) is 7.37. The van der Waals surface area contributed by atoms with E-state index in [4.69, 9.17) is 12.2 Å². The summed E-state index contributed by atoms with van der Waals surface area (Å²) in [5, 5.41) is 0.524. The molecular weight excluding hydrogens is 306 g/mol. The average molecular weight is 318 g/mol. The zero-order chi connectivity index (χ0) is 11.7. The summed E-state index contributed by atoms with van der Waals surface area (Å²) in [7, 11) is 0. The second kappa shape index (κ2) is 4.89. The number of aromatic nitrogens is 3. The molecule has 2 aromatic heterocycles. The third-order valence-electron chi connectivity index (χ3n) is 2.42. The largest absolute Gasteiger partial charge is 0.329 e. The molecule has 0 fully saturated rings. The van der Waals surface area contributed by atoms with E-state index in [1.807, 2.05) is 17.8 Å². The molecule has 0 aromatic carbocycles. The van der Waals surface area contributed by atoms with E-state index in [2.05, 4.69) is 43.6 Å². The van der Waals surface area contributed by atoms with E-state index in [9.17, 15) is 0 Å². The van der Waals surface area contributed by atoms with Crippen molar-refractivity contribution in [2.24, 2.45) is 0 Å². The number of nitrogens with one attached hydrogen (secondary N) is 1. The first kappa shape index (κ1) is 12.1. The number of rotatable bonds is 3. The maximum Gasteiger partial charge on any atom is 0.179 e. The molecule has 1 unspecified atom stereocenters. The van der Waals surface area contributed by atoms with Crippen molar-refractivity contribution in [2.45, 2.75) is 18.7 Å². The molecule has 2 rings (SSSR count). The van der Waals surface area contributed by atoms with Crippen molar-refractivity contribution in [3.8, 4) is 0 Å². The van der Waals surface area contributed by atoms with Crippen LogP contribution in [0.2, 0.25) is 0 Å². The van der Waals surface area contributed by atoms with Crippen molar-refractivity contribution >= 4 is 51.1 Å². The van der Waals surface area contributed by atoms with Crippen LogP contribution in [0, 0.1) is 4.77 Å². The maximum atomic E-state index is 5.31. The highest BCUT2D eigenvalue weighted by molar-refractivity contribution is 9.10. The highest BCUT2D eigenvalue weighted by Crippen LogP contribution is 2.18. The molecule has 0 aliphatic heterocycles. The van der Waals surface area contributed by atoms with E-state index in [0.29, 0.717) is 5.25 Å². The number of imidazole rings is 1.